The molecule has 1 rings (SSSR count). The topological polar surface area (TPSA) is 99.0 Å². The number of carbonyl (C=O) groups excluding carboxylic acids is 2. The summed E-state index contributed by atoms with van der Waals surface area (Å²) in [6, 6.07) is 4.16. The highest BCUT2D eigenvalue weighted by Gasteiger charge is 2.44. The number of nitro benzene ring substituents is 1. The highest BCUT2D eigenvalue weighted by atomic mass is 79.9. The van der Waals surface area contributed by atoms with Gasteiger partial charge >= 0.3 is 12.1 Å². The van der Waals surface area contributed by atoms with Gasteiger partial charge in [0.05, 0.1) is 12.0 Å². The van der Waals surface area contributed by atoms with Crippen molar-refractivity contribution < 1.29 is 24.0 Å². The molecule has 0 spiro atoms. The molecule has 0 N–H and O–H groups in total. The quantitative estimate of drug-likeness (QED) is 0.416. The first-order valence-electron chi connectivity index (χ1n) is 7.37. The van der Waals surface area contributed by atoms with Crippen molar-refractivity contribution in [1.82, 2.24) is 0 Å². The van der Waals surface area contributed by atoms with Gasteiger partial charge in [-0.1, -0.05) is 15.9 Å². The molecule has 0 bridgehead atoms. The van der Waals surface area contributed by atoms with Gasteiger partial charge in [-0.3, -0.25) is 15.0 Å². The summed E-state index contributed by atoms with van der Waals surface area (Å²) in [5.41, 5.74) is -2.81. The van der Waals surface area contributed by atoms with Gasteiger partial charge in [0.2, 0.25) is 0 Å². The van der Waals surface area contributed by atoms with Crippen molar-refractivity contribution in [2.24, 2.45) is 0 Å². The number of ether oxygens (including phenoxy) is 2. The first kappa shape index (κ1) is 20.9. The first-order chi connectivity index (χ1) is 11.3. The van der Waals surface area contributed by atoms with E-state index in [1.54, 1.807) is 20.8 Å². The molecule has 0 aliphatic heterocycles. The highest BCUT2D eigenvalue weighted by Crippen LogP contribution is 2.36. The number of anilines is 1. The fraction of sp³-hybridized carbons (Fsp3) is 0.500. The Bertz CT molecular complexity index is 696. The zero-order valence-electron chi connectivity index (χ0n) is 15.0. The van der Waals surface area contributed by atoms with Gasteiger partial charge in [-0.15, -0.1) is 0 Å². The van der Waals surface area contributed by atoms with Crippen molar-refractivity contribution in [3.63, 3.8) is 0 Å². The maximum Gasteiger partial charge on any atom is 0.416 e. The summed E-state index contributed by atoms with van der Waals surface area (Å²) in [5.74, 6) is -0.740. The van der Waals surface area contributed by atoms with Gasteiger partial charge in [-0.25, -0.2) is 9.59 Å². The minimum Gasteiger partial charge on any atom is -0.467 e. The lowest BCUT2D eigenvalue weighted by atomic mass is 10.0. The zero-order valence-corrected chi connectivity index (χ0v) is 16.5. The lowest BCUT2D eigenvalue weighted by Gasteiger charge is -2.36. The number of benzene rings is 1. The van der Waals surface area contributed by atoms with E-state index in [2.05, 4.69) is 15.9 Å². The number of halogens is 1. The molecule has 25 heavy (non-hydrogen) atoms. The second-order valence-corrected chi connectivity index (χ2v) is 7.67. The molecule has 8 nitrogen and oxygen atoms in total. The van der Waals surface area contributed by atoms with Crippen molar-refractivity contribution in [3.05, 3.63) is 32.8 Å². The zero-order chi connectivity index (χ0) is 19.6. The second-order valence-electron chi connectivity index (χ2n) is 6.76. The van der Waals surface area contributed by atoms with Gasteiger partial charge in [0.1, 0.15) is 16.8 Å². The largest absolute Gasteiger partial charge is 0.467 e. The molecule has 9 heteroatoms. The Balaban J connectivity index is 3.61. The smallest absolute Gasteiger partial charge is 0.416 e. The third-order valence-corrected chi connectivity index (χ3v) is 3.69. The number of carbonyl (C=O) groups is 2. The molecule has 1 aromatic carbocycles. The minimum absolute atomic E-state index is 0.0714. The molecule has 0 fully saturated rings. The second kappa shape index (κ2) is 7.38. The maximum atomic E-state index is 12.7. The summed E-state index contributed by atoms with van der Waals surface area (Å²) in [4.78, 5) is 36.7. The Kier molecular flexibility index (Phi) is 6.17. The lowest BCUT2D eigenvalue weighted by molar-refractivity contribution is -0.384. The lowest BCUT2D eigenvalue weighted by Crippen LogP contribution is -2.55. The molecule has 0 aliphatic carbocycles. The number of nitro groups is 1. The number of amides is 1. The van der Waals surface area contributed by atoms with Crippen LogP contribution in [0.4, 0.5) is 16.2 Å². The molecule has 1 aromatic rings. The van der Waals surface area contributed by atoms with Crippen LogP contribution >= 0.6 is 15.9 Å². The summed E-state index contributed by atoms with van der Waals surface area (Å²) in [5, 5.41) is 11.4. The van der Waals surface area contributed by atoms with Crippen molar-refractivity contribution in [2.45, 2.75) is 45.8 Å². The van der Waals surface area contributed by atoms with E-state index in [0.29, 0.717) is 4.47 Å². The van der Waals surface area contributed by atoms with Crippen molar-refractivity contribution in [1.29, 1.82) is 0 Å². The van der Waals surface area contributed by atoms with E-state index >= 15 is 0 Å². The van der Waals surface area contributed by atoms with E-state index in [-0.39, 0.29) is 11.4 Å². The average molecular weight is 417 g/mol. The van der Waals surface area contributed by atoms with Crippen LogP contribution in [0.1, 0.15) is 34.6 Å². The van der Waals surface area contributed by atoms with E-state index in [1.807, 2.05) is 0 Å². The molecule has 0 saturated heterocycles. The average Bonchev–Trinajstić information content (AvgIpc) is 2.45. The van der Waals surface area contributed by atoms with Crippen LogP contribution in [0.5, 0.6) is 0 Å². The Morgan fingerprint density at radius 3 is 2.20 bits per heavy atom. The van der Waals surface area contributed by atoms with Crippen LogP contribution < -0.4 is 4.90 Å². The molecule has 0 atom stereocenters. The number of methoxy groups -OCH3 is 1. The highest BCUT2D eigenvalue weighted by molar-refractivity contribution is 9.10. The maximum absolute atomic E-state index is 12.7. The molecule has 0 saturated carbocycles. The SMILES string of the molecule is COC(=O)C(C)(C)N(C(=O)OC(C)(C)C)c1ccc(Br)cc1[N+](=O)[O-]. The van der Waals surface area contributed by atoms with E-state index in [1.165, 1.54) is 39.2 Å². The molecule has 1 amide bonds. The summed E-state index contributed by atoms with van der Waals surface area (Å²) >= 11 is 3.16. The van der Waals surface area contributed by atoms with E-state index in [9.17, 15) is 19.7 Å². The number of nitrogens with zero attached hydrogens (tertiary/aromatic N) is 2. The molecule has 0 aliphatic rings. The summed E-state index contributed by atoms with van der Waals surface area (Å²) in [7, 11) is 1.17. The summed E-state index contributed by atoms with van der Waals surface area (Å²) in [6.07, 6.45) is -0.895. The fourth-order valence-corrected chi connectivity index (χ4v) is 2.46. The van der Waals surface area contributed by atoms with Crippen molar-refractivity contribution in [3.8, 4) is 0 Å². The molecular formula is C16H21BrN2O6. The van der Waals surface area contributed by atoms with Crippen LogP contribution in [-0.2, 0) is 14.3 Å². The van der Waals surface area contributed by atoms with E-state index in [0.717, 1.165) is 4.90 Å². The number of rotatable bonds is 4. The van der Waals surface area contributed by atoms with Crippen LogP contribution in [0.3, 0.4) is 0 Å². The minimum atomic E-state index is -1.53. The standard InChI is InChI=1S/C16H21BrN2O6/c1-15(2,3)25-14(21)18(16(4,5)13(20)24-6)11-8-7-10(17)9-12(11)19(22)23/h7-9H,1-6H3. The Hall–Kier alpha value is -2.16. The van der Waals surface area contributed by atoms with E-state index < -0.39 is 28.1 Å². The Morgan fingerprint density at radius 2 is 1.76 bits per heavy atom. The molecular weight excluding hydrogens is 396 g/mol. The van der Waals surface area contributed by atoms with Gasteiger partial charge in [0, 0.05) is 10.5 Å². The van der Waals surface area contributed by atoms with Crippen LogP contribution in [0, 0.1) is 10.1 Å². The third-order valence-electron chi connectivity index (χ3n) is 3.20. The Labute approximate surface area is 154 Å². The summed E-state index contributed by atoms with van der Waals surface area (Å²) in [6.45, 7) is 7.82. The predicted octanol–water partition coefficient (Wildman–Crippen LogP) is 4.05. The first-order valence-corrected chi connectivity index (χ1v) is 8.16. The van der Waals surface area contributed by atoms with Gasteiger partial charge in [-0.05, 0) is 46.8 Å². The molecule has 138 valence electrons. The monoisotopic (exact) mass is 416 g/mol. The van der Waals surface area contributed by atoms with Crippen LogP contribution in [0.15, 0.2) is 22.7 Å². The van der Waals surface area contributed by atoms with Gasteiger partial charge < -0.3 is 9.47 Å². The number of esters is 1. The Morgan fingerprint density at radius 1 is 1.20 bits per heavy atom. The van der Waals surface area contributed by atoms with Crippen molar-refractivity contribution in [2.75, 3.05) is 12.0 Å². The number of hydrogen-bond acceptors (Lipinski definition) is 6. The van der Waals surface area contributed by atoms with E-state index in [4.69, 9.17) is 9.47 Å². The fourth-order valence-electron chi connectivity index (χ4n) is 2.11. The van der Waals surface area contributed by atoms with Gasteiger partial charge in [0.25, 0.3) is 5.69 Å². The molecule has 0 heterocycles. The normalized spacial score (nSPS) is 11.6. The predicted molar refractivity (Wildman–Crippen MR) is 95.6 cm³/mol. The van der Waals surface area contributed by atoms with Crippen molar-refractivity contribution >= 4 is 39.4 Å². The summed E-state index contributed by atoms with van der Waals surface area (Å²) < 4.78 is 10.6. The van der Waals surface area contributed by atoms with Crippen LogP contribution in [-0.4, -0.2) is 35.2 Å². The molecule has 0 radical (unpaired) electrons. The van der Waals surface area contributed by atoms with Gasteiger partial charge in [0.15, 0.2) is 0 Å². The van der Waals surface area contributed by atoms with Crippen LogP contribution in [0.25, 0.3) is 0 Å². The van der Waals surface area contributed by atoms with Crippen LogP contribution in [0.2, 0.25) is 0 Å². The van der Waals surface area contributed by atoms with Gasteiger partial charge in [-0.2, -0.15) is 0 Å². The third kappa shape index (κ3) is 4.91. The number of hydrogen-bond donors (Lipinski definition) is 0. The molecule has 0 aromatic heterocycles. The molecule has 0 unspecified atom stereocenters.